The number of carbonyl (C=O) groups excluding carboxylic acids is 1. The molecular formula is C48H78O18. The minimum absolute atomic E-state index is 0.0628. The smallest absolute Gasteiger partial charge is 0.315 e. The summed E-state index contributed by atoms with van der Waals surface area (Å²) in [6.45, 7) is 14.1. The van der Waals surface area contributed by atoms with Gasteiger partial charge >= 0.3 is 5.97 Å². The molecule has 66 heavy (non-hydrogen) atoms. The van der Waals surface area contributed by atoms with Gasteiger partial charge in [0.15, 0.2) is 12.6 Å². The number of aliphatic hydroxyl groups excluding tert-OH is 11. The minimum Gasteiger partial charge on any atom is -0.432 e. The molecule has 0 unspecified atom stereocenters. The average molecular weight is 943 g/mol. The fraction of sp³-hybridized carbons (Fsp3) is 0.938. The highest BCUT2D eigenvalue weighted by molar-refractivity contribution is 5.79. The summed E-state index contributed by atoms with van der Waals surface area (Å²) in [4.78, 5) is 14.7. The highest BCUT2D eigenvalue weighted by atomic mass is 16.8. The molecule has 7 fully saturated rings. The summed E-state index contributed by atoms with van der Waals surface area (Å²) in [5.74, 6) is -0.227. The molecule has 18 heteroatoms. The van der Waals surface area contributed by atoms with Crippen molar-refractivity contribution in [3.8, 4) is 0 Å². The van der Waals surface area contributed by atoms with E-state index in [1.165, 1.54) is 5.57 Å². The summed E-state index contributed by atoms with van der Waals surface area (Å²) in [7, 11) is 0. The van der Waals surface area contributed by atoms with Crippen molar-refractivity contribution in [2.24, 2.45) is 50.2 Å². The van der Waals surface area contributed by atoms with Crippen molar-refractivity contribution < 1.29 is 89.4 Å². The molecule has 23 atom stereocenters. The predicted molar refractivity (Wildman–Crippen MR) is 230 cm³/mol. The number of fused-ring (bicyclic) bond motifs is 7. The number of aliphatic hydroxyl groups is 11. The zero-order valence-electron chi connectivity index (χ0n) is 39.5. The Hall–Kier alpha value is -1.43. The molecule has 3 heterocycles. The summed E-state index contributed by atoms with van der Waals surface area (Å²) >= 11 is 0. The van der Waals surface area contributed by atoms with Gasteiger partial charge in [0.1, 0.15) is 73.2 Å². The summed E-state index contributed by atoms with van der Waals surface area (Å²) in [6.07, 6.45) is -13.8. The predicted octanol–water partition coefficient (Wildman–Crippen LogP) is 0.141. The summed E-state index contributed by atoms with van der Waals surface area (Å²) in [5, 5.41) is 115. The second-order valence-electron chi connectivity index (χ2n) is 23.5. The third-order valence-corrected chi connectivity index (χ3v) is 19.3. The second kappa shape index (κ2) is 18.0. The maximum atomic E-state index is 14.7. The van der Waals surface area contributed by atoms with Crippen LogP contribution in [0.1, 0.15) is 113 Å². The normalized spacial score (nSPS) is 53.3. The molecule has 0 bridgehead atoms. The number of hydrogen-bond acceptors (Lipinski definition) is 18. The van der Waals surface area contributed by atoms with Crippen molar-refractivity contribution >= 4 is 5.97 Å². The molecule has 0 aromatic carbocycles. The fourth-order valence-electron chi connectivity index (χ4n) is 15.0. The molecule has 0 amide bonds. The van der Waals surface area contributed by atoms with Gasteiger partial charge < -0.3 is 84.6 Å². The van der Waals surface area contributed by atoms with Crippen molar-refractivity contribution in [2.45, 2.75) is 211 Å². The molecule has 8 aliphatic rings. The Balaban J connectivity index is 1.04. The standard InChI is InChI=1S/C48H78O18/c1-43(2)14-16-48(42(60)66-40-37(59)34(56)31(53)25(20-50)62-40)17-15-46(6)22(23(48)18-43)8-9-28-45(5)12-11-29(44(3,4)27(45)10-13-47(28,46)7)64-41-38(35(57)32(54)26(21-51)63-41)65-39-36(58)33(55)30(52)24(19-49)61-39/h8,23-41,49-59H,9-21H2,1-7H3/t23-,24+,25+,26+,27-,28+,29-,30+,31+,32-,33-,34-,35-,36+,37+,38+,39-,40-,41-,45-,46+,47+,48-/m0/s1. The van der Waals surface area contributed by atoms with E-state index in [9.17, 15) is 61.0 Å². The van der Waals surface area contributed by atoms with E-state index in [1.807, 2.05) is 0 Å². The van der Waals surface area contributed by atoms with E-state index in [4.69, 9.17) is 28.4 Å². The molecule has 8 rings (SSSR count). The van der Waals surface area contributed by atoms with Gasteiger partial charge in [-0.2, -0.15) is 0 Å². The van der Waals surface area contributed by atoms with Gasteiger partial charge in [0.05, 0.1) is 31.3 Å². The van der Waals surface area contributed by atoms with Gasteiger partial charge in [-0.05, 0) is 109 Å². The Morgan fingerprint density at radius 2 is 1.15 bits per heavy atom. The third-order valence-electron chi connectivity index (χ3n) is 19.3. The minimum atomic E-state index is -1.78. The number of carbonyl (C=O) groups is 1. The van der Waals surface area contributed by atoms with E-state index < -0.39 is 135 Å². The number of ether oxygens (including phenoxy) is 6. The van der Waals surface area contributed by atoms with Crippen LogP contribution in [-0.4, -0.2) is 180 Å². The van der Waals surface area contributed by atoms with Crippen molar-refractivity contribution in [1.29, 1.82) is 0 Å². The second-order valence-corrected chi connectivity index (χ2v) is 23.5. The van der Waals surface area contributed by atoms with Crippen LogP contribution in [0.4, 0.5) is 0 Å². The lowest BCUT2D eigenvalue weighted by atomic mass is 9.33. The SMILES string of the molecule is CC1(C)CC[C@]2(C(=O)O[C@@H]3O[C@H](CO)[C@@H](O)[C@H](O)[C@H]3O)CC[C@]3(C)C(=CC[C@@H]4[C@@]5(C)CC[C@H](O[C@@H]6O[C@H](CO)[C@H](O)[C@H](O)[C@H]6O[C@@H]6O[C@H](CO)[C@@H](O)[C@H](O)[C@H]6O)C(C)(C)[C@@H]5CC[C@]43C)[C@@H]2C1. The Morgan fingerprint density at radius 3 is 1.76 bits per heavy atom. The van der Waals surface area contributed by atoms with Crippen LogP contribution in [0.2, 0.25) is 0 Å². The average Bonchev–Trinajstić information content (AvgIpc) is 3.27. The largest absolute Gasteiger partial charge is 0.432 e. The van der Waals surface area contributed by atoms with Crippen molar-refractivity contribution in [2.75, 3.05) is 19.8 Å². The lowest BCUT2D eigenvalue weighted by Crippen LogP contribution is -2.67. The van der Waals surface area contributed by atoms with Crippen LogP contribution >= 0.6 is 0 Å². The zero-order valence-corrected chi connectivity index (χ0v) is 39.5. The first-order valence-electron chi connectivity index (χ1n) is 24.3. The number of hydrogen-bond donors (Lipinski definition) is 11. The number of rotatable bonds is 9. The summed E-state index contributed by atoms with van der Waals surface area (Å²) < 4.78 is 36.2. The molecule has 0 aromatic heterocycles. The molecule has 11 N–H and O–H groups in total. The topological polar surface area (TPSA) is 295 Å². The Labute approximate surface area is 387 Å². The van der Waals surface area contributed by atoms with Crippen LogP contribution in [0.3, 0.4) is 0 Å². The maximum absolute atomic E-state index is 14.7. The highest BCUT2D eigenvalue weighted by Gasteiger charge is 2.70. The molecule has 18 nitrogen and oxygen atoms in total. The molecule has 0 aromatic rings. The Kier molecular flexibility index (Phi) is 13.9. The lowest BCUT2D eigenvalue weighted by molar-refractivity contribution is -0.378. The Bertz CT molecular complexity index is 1790. The molecule has 378 valence electrons. The number of allylic oxidation sites excluding steroid dienone is 2. The van der Waals surface area contributed by atoms with Gasteiger partial charge in [0.25, 0.3) is 0 Å². The molecule has 3 aliphatic heterocycles. The van der Waals surface area contributed by atoms with E-state index in [-0.39, 0.29) is 39.4 Å². The van der Waals surface area contributed by atoms with Gasteiger partial charge in [0, 0.05) is 0 Å². The van der Waals surface area contributed by atoms with Gasteiger partial charge in [-0.25, -0.2) is 0 Å². The zero-order chi connectivity index (χ0) is 48.3. The van der Waals surface area contributed by atoms with E-state index in [1.54, 1.807) is 0 Å². The molecular weight excluding hydrogens is 865 g/mol. The van der Waals surface area contributed by atoms with Gasteiger partial charge in [0.2, 0.25) is 6.29 Å². The fourth-order valence-corrected chi connectivity index (χ4v) is 15.0. The molecule has 0 radical (unpaired) electrons. The van der Waals surface area contributed by atoms with Gasteiger partial charge in [-0.15, -0.1) is 0 Å². The van der Waals surface area contributed by atoms with Crippen LogP contribution in [0.15, 0.2) is 11.6 Å². The molecule has 0 spiro atoms. The monoisotopic (exact) mass is 943 g/mol. The van der Waals surface area contributed by atoms with Crippen LogP contribution in [0, 0.1) is 50.2 Å². The highest BCUT2D eigenvalue weighted by Crippen LogP contribution is 2.76. The van der Waals surface area contributed by atoms with Crippen LogP contribution in [-0.2, 0) is 33.2 Å². The maximum Gasteiger partial charge on any atom is 0.315 e. The lowest BCUT2D eigenvalue weighted by Gasteiger charge is -2.71. The van der Waals surface area contributed by atoms with E-state index >= 15 is 0 Å². The first-order valence-corrected chi connectivity index (χ1v) is 24.3. The van der Waals surface area contributed by atoms with Crippen molar-refractivity contribution in [1.82, 2.24) is 0 Å². The van der Waals surface area contributed by atoms with E-state index in [0.717, 1.165) is 44.9 Å². The summed E-state index contributed by atoms with van der Waals surface area (Å²) in [6, 6.07) is 0. The first-order chi connectivity index (χ1) is 30.9. The quantitative estimate of drug-likeness (QED) is 0.0833. The van der Waals surface area contributed by atoms with Crippen LogP contribution in [0.25, 0.3) is 0 Å². The van der Waals surface area contributed by atoms with Crippen molar-refractivity contribution in [3.05, 3.63) is 11.6 Å². The number of esters is 1. The van der Waals surface area contributed by atoms with Crippen molar-refractivity contribution in [3.63, 3.8) is 0 Å². The third kappa shape index (κ3) is 7.87. The van der Waals surface area contributed by atoms with Crippen LogP contribution in [0.5, 0.6) is 0 Å². The van der Waals surface area contributed by atoms with Gasteiger partial charge in [-0.1, -0.05) is 60.1 Å². The molecule has 4 saturated carbocycles. The first kappa shape index (κ1) is 50.9. The van der Waals surface area contributed by atoms with E-state index in [0.29, 0.717) is 19.3 Å². The molecule has 3 saturated heterocycles. The summed E-state index contributed by atoms with van der Waals surface area (Å²) in [5.41, 5.74) is -0.746. The van der Waals surface area contributed by atoms with E-state index in [2.05, 4.69) is 54.5 Å². The van der Waals surface area contributed by atoms with Gasteiger partial charge in [-0.3, -0.25) is 4.79 Å². The Morgan fingerprint density at radius 1 is 0.606 bits per heavy atom. The molecule has 5 aliphatic carbocycles. The van der Waals surface area contributed by atoms with Crippen LogP contribution < -0.4 is 0 Å².